The summed E-state index contributed by atoms with van der Waals surface area (Å²) in [4.78, 5) is 10.9. The normalized spacial score (nSPS) is 21.1. The van der Waals surface area contributed by atoms with Gasteiger partial charge in [0.1, 0.15) is 11.9 Å². The molecular weight excluding hydrogens is 166 g/mol. The molecule has 3 heteroatoms. The molecule has 0 saturated heterocycles. The van der Waals surface area contributed by atoms with Gasteiger partial charge in [0.05, 0.1) is 12.2 Å². The van der Waals surface area contributed by atoms with Gasteiger partial charge in [-0.05, 0) is 19.3 Å². The lowest BCUT2D eigenvalue weighted by molar-refractivity contribution is -0.123. The second kappa shape index (κ2) is 4.98. The van der Waals surface area contributed by atoms with Crippen molar-refractivity contribution in [2.75, 3.05) is 0 Å². The van der Waals surface area contributed by atoms with Crippen LogP contribution in [0.3, 0.4) is 0 Å². The predicted molar refractivity (Wildman–Crippen MR) is 48.0 cm³/mol. The molecule has 0 bridgehead atoms. The number of nitrogens with zero attached hydrogens (tertiary/aromatic N) is 1. The molecule has 0 radical (unpaired) electrons. The number of Topliss-reactive ketones (excluding diaryl/α,β-unsaturated/α-hetero) is 1. The maximum Gasteiger partial charge on any atom is 0.144 e. The summed E-state index contributed by atoms with van der Waals surface area (Å²) in [6, 6.07) is 2.10. The molecule has 1 unspecified atom stereocenters. The summed E-state index contributed by atoms with van der Waals surface area (Å²) in [5.74, 6) is 0.324. The van der Waals surface area contributed by atoms with E-state index in [0.717, 1.165) is 19.3 Å². The van der Waals surface area contributed by atoms with Crippen LogP contribution in [0.5, 0.6) is 0 Å². The Morgan fingerprint density at radius 2 is 2.23 bits per heavy atom. The SMILES string of the molecule is CCC(C#N)OC1CCC(=O)CC1. The Kier molecular flexibility index (Phi) is 3.91. The third-order valence-electron chi connectivity index (χ3n) is 2.36. The molecule has 0 spiro atoms. The van der Waals surface area contributed by atoms with Crippen LogP contribution >= 0.6 is 0 Å². The van der Waals surface area contributed by atoms with Gasteiger partial charge in [0, 0.05) is 12.8 Å². The van der Waals surface area contributed by atoms with Crippen LogP contribution in [-0.2, 0) is 9.53 Å². The minimum atomic E-state index is -0.293. The Bertz CT molecular complexity index is 209. The molecule has 1 atom stereocenters. The highest BCUT2D eigenvalue weighted by atomic mass is 16.5. The second-order valence-corrected chi connectivity index (χ2v) is 3.40. The van der Waals surface area contributed by atoms with Crippen molar-refractivity contribution in [1.29, 1.82) is 5.26 Å². The highest BCUT2D eigenvalue weighted by Crippen LogP contribution is 2.19. The first-order valence-corrected chi connectivity index (χ1v) is 4.83. The van der Waals surface area contributed by atoms with Crippen LogP contribution in [0.4, 0.5) is 0 Å². The molecule has 1 fully saturated rings. The average molecular weight is 181 g/mol. The lowest BCUT2D eigenvalue weighted by Gasteiger charge is -2.23. The quantitative estimate of drug-likeness (QED) is 0.667. The molecule has 0 heterocycles. The van der Waals surface area contributed by atoms with E-state index in [1.165, 1.54) is 0 Å². The van der Waals surface area contributed by atoms with Crippen molar-refractivity contribution < 1.29 is 9.53 Å². The Hall–Kier alpha value is -0.880. The molecule has 1 aliphatic rings. The summed E-state index contributed by atoms with van der Waals surface area (Å²) in [6.45, 7) is 1.93. The fraction of sp³-hybridized carbons (Fsp3) is 0.800. The summed E-state index contributed by atoms with van der Waals surface area (Å²) in [5, 5.41) is 8.67. The zero-order valence-corrected chi connectivity index (χ0v) is 7.95. The predicted octanol–water partition coefficient (Wildman–Crippen LogP) is 1.82. The number of carbonyl (C=O) groups excluding carboxylic acids is 1. The summed E-state index contributed by atoms with van der Waals surface area (Å²) in [5.41, 5.74) is 0. The van der Waals surface area contributed by atoms with Crippen molar-refractivity contribution in [2.45, 2.75) is 51.2 Å². The smallest absolute Gasteiger partial charge is 0.144 e. The van der Waals surface area contributed by atoms with Gasteiger partial charge in [0.25, 0.3) is 0 Å². The Morgan fingerprint density at radius 3 is 2.69 bits per heavy atom. The van der Waals surface area contributed by atoms with Crippen molar-refractivity contribution in [3.05, 3.63) is 0 Å². The summed E-state index contributed by atoms with van der Waals surface area (Å²) < 4.78 is 5.52. The zero-order valence-electron chi connectivity index (χ0n) is 7.95. The molecule has 0 amide bonds. The molecule has 3 nitrogen and oxygen atoms in total. The molecule has 1 aliphatic carbocycles. The van der Waals surface area contributed by atoms with Gasteiger partial charge >= 0.3 is 0 Å². The van der Waals surface area contributed by atoms with Gasteiger partial charge in [-0.1, -0.05) is 6.92 Å². The van der Waals surface area contributed by atoms with Crippen LogP contribution in [0.1, 0.15) is 39.0 Å². The monoisotopic (exact) mass is 181 g/mol. The topological polar surface area (TPSA) is 50.1 Å². The van der Waals surface area contributed by atoms with Crippen molar-refractivity contribution >= 4 is 5.78 Å². The van der Waals surface area contributed by atoms with E-state index >= 15 is 0 Å². The highest BCUT2D eigenvalue weighted by Gasteiger charge is 2.21. The van der Waals surface area contributed by atoms with E-state index in [4.69, 9.17) is 10.00 Å². The van der Waals surface area contributed by atoms with Crippen LogP contribution in [0.25, 0.3) is 0 Å². The van der Waals surface area contributed by atoms with Gasteiger partial charge in [-0.25, -0.2) is 0 Å². The second-order valence-electron chi connectivity index (χ2n) is 3.40. The molecule has 0 aromatic heterocycles. The minimum absolute atomic E-state index is 0.127. The fourth-order valence-electron chi connectivity index (χ4n) is 1.50. The van der Waals surface area contributed by atoms with E-state index in [1.807, 2.05) is 6.92 Å². The van der Waals surface area contributed by atoms with Crippen LogP contribution < -0.4 is 0 Å². The van der Waals surface area contributed by atoms with Crippen molar-refractivity contribution in [3.63, 3.8) is 0 Å². The molecule has 0 aromatic rings. The summed E-state index contributed by atoms with van der Waals surface area (Å²) in [7, 11) is 0. The molecule has 0 aliphatic heterocycles. The molecule has 0 N–H and O–H groups in total. The van der Waals surface area contributed by atoms with Gasteiger partial charge < -0.3 is 4.74 Å². The van der Waals surface area contributed by atoms with E-state index in [-0.39, 0.29) is 12.2 Å². The number of carbonyl (C=O) groups is 1. The maximum atomic E-state index is 10.9. The van der Waals surface area contributed by atoms with Crippen molar-refractivity contribution in [1.82, 2.24) is 0 Å². The number of ketones is 1. The van der Waals surface area contributed by atoms with E-state index in [0.29, 0.717) is 18.6 Å². The summed E-state index contributed by atoms with van der Waals surface area (Å²) >= 11 is 0. The number of nitriles is 1. The zero-order chi connectivity index (χ0) is 9.68. The standard InChI is InChI=1S/C10H15NO2/c1-2-9(7-11)13-10-5-3-8(12)4-6-10/h9-10H,2-6H2,1H3. The number of rotatable bonds is 3. The first-order chi connectivity index (χ1) is 6.26. The fourth-order valence-corrected chi connectivity index (χ4v) is 1.50. The van der Waals surface area contributed by atoms with Crippen molar-refractivity contribution in [2.24, 2.45) is 0 Å². The van der Waals surface area contributed by atoms with Crippen LogP contribution in [0.2, 0.25) is 0 Å². The Morgan fingerprint density at radius 1 is 1.62 bits per heavy atom. The largest absolute Gasteiger partial charge is 0.360 e. The maximum absolute atomic E-state index is 10.9. The van der Waals surface area contributed by atoms with Crippen molar-refractivity contribution in [3.8, 4) is 6.07 Å². The van der Waals surface area contributed by atoms with E-state index < -0.39 is 0 Å². The molecular formula is C10H15NO2. The lowest BCUT2D eigenvalue weighted by Crippen LogP contribution is -2.25. The Balaban J connectivity index is 2.30. The third kappa shape index (κ3) is 3.16. The third-order valence-corrected chi connectivity index (χ3v) is 2.36. The van der Waals surface area contributed by atoms with Gasteiger partial charge in [0.15, 0.2) is 0 Å². The molecule has 13 heavy (non-hydrogen) atoms. The van der Waals surface area contributed by atoms with E-state index in [1.54, 1.807) is 0 Å². The lowest BCUT2D eigenvalue weighted by atomic mass is 9.96. The Labute approximate surface area is 78.7 Å². The van der Waals surface area contributed by atoms with Gasteiger partial charge in [0.2, 0.25) is 0 Å². The van der Waals surface area contributed by atoms with E-state index in [9.17, 15) is 4.79 Å². The first-order valence-electron chi connectivity index (χ1n) is 4.83. The van der Waals surface area contributed by atoms with Gasteiger partial charge in [-0.15, -0.1) is 0 Å². The first kappa shape index (κ1) is 10.2. The van der Waals surface area contributed by atoms with Gasteiger partial charge in [-0.3, -0.25) is 4.79 Å². The number of hydrogen-bond donors (Lipinski definition) is 0. The highest BCUT2D eigenvalue weighted by molar-refractivity contribution is 5.79. The molecule has 1 rings (SSSR count). The van der Waals surface area contributed by atoms with Gasteiger partial charge in [-0.2, -0.15) is 5.26 Å². The summed E-state index contributed by atoms with van der Waals surface area (Å²) in [6.07, 6.45) is 3.37. The average Bonchev–Trinajstić information content (AvgIpc) is 2.17. The van der Waals surface area contributed by atoms with Crippen LogP contribution in [0.15, 0.2) is 0 Å². The minimum Gasteiger partial charge on any atom is -0.360 e. The number of hydrogen-bond acceptors (Lipinski definition) is 3. The molecule has 1 saturated carbocycles. The molecule has 72 valence electrons. The van der Waals surface area contributed by atoms with E-state index in [2.05, 4.69) is 6.07 Å². The number of ether oxygens (including phenoxy) is 1. The molecule has 0 aromatic carbocycles. The van der Waals surface area contributed by atoms with Crippen LogP contribution in [-0.4, -0.2) is 18.0 Å². The van der Waals surface area contributed by atoms with Crippen LogP contribution in [0, 0.1) is 11.3 Å².